The fraction of sp³-hybridized carbons (Fsp3) is 0.571. The zero-order valence-electron chi connectivity index (χ0n) is 6.17. The molecule has 2 nitrogen and oxygen atoms in total. The second-order valence-electron chi connectivity index (χ2n) is 1.83. The highest BCUT2D eigenvalue weighted by molar-refractivity contribution is 7.18. The van der Waals surface area contributed by atoms with Crippen molar-refractivity contribution >= 4 is 15.0 Å². The molecule has 10 heavy (non-hydrogen) atoms. The molecule has 0 bridgehead atoms. The quantitative estimate of drug-likeness (QED) is 0.341. The average molecular weight is 160 g/mol. The first kappa shape index (κ1) is 9.80. The maximum absolute atomic E-state index is 10.6. The summed E-state index contributed by atoms with van der Waals surface area (Å²) in [6, 6.07) is 0. The molecule has 0 aromatic heterocycles. The number of ketones is 1. The molecular formula is C7H13O2P. The Bertz CT molecular complexity index is 121. The average Bonchev–Trinajstić information content (AvgIpc) is 1.98. The summed E-state index contributed by atoms with van der Waals surface area (Å²) in [7, 11) is 2.37. The summed E-state index contributed by atoms with van der Waals surface area (Å²) in [5, 5.41) is 0. The highest BCUT2D eigenvalue weighted by Gasteiger charge is 1.94. The van der Waals surface area contributed by atoms with Crippen molar-refractivity contribution in [2.75, 3.05) is 19.4 Å². The Morgan fingerprint density at radius 1 is 1.70 bits per heavy atom. The maximum atomic E-state index is 10.6. The molecule has 0 aliphatic carbocycles. The molecule has 0 radical (unpaired) electrons. The van der Waals surface area contributed by atoms with Crippen LogP contribution in [0.4, 0.5) is 0 Å². The molecule has 0 fully saturated rings. The largest absolute Gasteiger partial charge is 0.370 e. The Labute approximate surface area is 63.8 Å². The van der Waals surface area contributed by atoms with E-state index >= 15 is 0 Å². The van der Waals surface area contributed by atoms with E-state index < -0.39 is 0 Å². The molecule has 0 heterocycles. The molecule has 0 saturated carbocycles. The number of carbonyl (C=O) groups is 1. The molecule has 0 N–H and O–H groups in total. The highest BCUT2D eigenvalue weighted by Crippen LogP contribution is 1.84. The highest BCUT2D eigenvalue weighted by atomic mass is 31.0. The van der Waals surface area contributed by atoms with Crippen LogP contribution in [0.1, 0.15) is 6.92 Å². The first-order chi connectivity index (χ1) is 4.81. The van der Waals surface area contributed by atoms with Crippen molar-refractivity contribution in [2.24, 2.45) is 0 Å². The van der Waals surface area contributed by atoms with Crippen LogP contribution in [-0.2, 0) is 9.53 Å². The van der Waals surface area contributed by atoms with Gasteiger partial charge in [0, 0.05) is 6.16 Å². The normalized spacial score (nSPS) is 10.6. The minimum atomic E-state index is 0.120. The van der Waals surface area contributed by atoms with Gasteiger partial charge in [-0.2, -0.15) is 0 Å². The van der Waals surface area contributed by atoms with Gasteiger partial charge in [-0.15, -0.1) is 9.24 Å². The van der Waals surface area contributed by atoms with Crippen molar-refractivity contribution in [2.45, 2.75) is 6.92 Å². The van der Waals surface area contributed by atoms with Gasteiger partial charge in [0.1, 0.15) is 6.61 Å². The van der Waals surface area contributed by atoms with E-state index in [2.05, 4.69) is 9.24 Å². The van der Waals surface area contributed by atoms with Crippen molar-refractivity contribution in [3.63, 3.8) is 0 Å². The van der Waals surface area contributed by atoms with E-state index in [1.54, 1.807) is 0 Å². The minimum absolute atomic E-state index is 0.120. The van der Waals surface area contributed by atoms with E-state index in [4.69, 9.17) is 4.74 Å². The summed E-state index contributed by atoms with van der Waals surface area (Å²) in [4.78, 5) is 10.6. The summed E-state index contributed by atoms with van der Waals surface area (Å²) < 4.78 is 4.98. The Hall–Kier alpha value is -0.200. The Morgan fingerprint density at radius 2 is 2.40 bits per heavy atom. The van der Waals surface area contributed by atoms with E-state index in [0.29, 0.717) is 12.8 Å². The van der Waals surface area contributed by atoms with Crippen LogP contribution in [0, 0.1) is 0 Å². The molecule has 0 aromatic rings. The zero-order chi connectivity index (χ0) is 7.82. The number of allylic oxidation sites excluding steroid dienone is 1. The van der Waals surface area contributed by atoms with Crippen molar-refractivity contribution < 1.29 is 9.53 Å². The van der Waals surface area contributed by atoms with Gasteiger partial charge in [0.05, 0.1) is 6.61 Å². The first-order valence-electron chi connectivity index (χ1n) is 3.22. The minimum Gasteiger partial charge on any atom is -0.370 e. The Balaban J connectivity index is 3.11. The van der Waals surface area contributed by atoms with E-state index in [9.17, 15) is 4.79 Å². The van der Waals surface area contributed by atoms with Gasteiger partial charge in [-0.1, -0.05) is 12.2 Å². The van der Waals surface area contributed by atoms with Crippen LogP contribution in [0.2, 0.25) is 0 Å². The first-order valence-corrected chi connectivity index (χ1v) is 4.03. The fourth-order valence-corrected chi connectivity index (χ4v) is 0.514. The topological polar surface area (TPSA) is 26.3 Å². The van der Waals surface area contributed by atoms with E-state index in [0.717, 1.165) is 0 Å². The molecule has 0 spiro atoms. The Morgan fingerprint density at radius 3 is 2.90 bits per heavy atom. The third kappa shape index (κ3) is 5.93. The smallest absolute Gasteiger partial charge is 0.162 e. The number of hydrogen-bond donors (Lipinski definition) is 0. The lowest BCUT2D eigenvalue weighted by Crippen LogP contribution is -2.09. The molecular weight excluding hydrogens is 147 g/mol. The number of rotatable bonds is 5. The molecule has 0 saturated heterocycles. The van der Waals surface area contributed by atoms with Gasteiger partial charge in [0.25, 0.3) is 0 Å². The lowest BCUT2D eigenvalue weighted by atomic mass is 10.5. The standard InChI is InChI=1S/C7H13O2P/c1-2-3-4-9-5-7(8)6-10/h2-3H,4-6,10H2,1H3. The third-order valence-electron chi connectivity index (χ3n) is 0.940. The zero-order valence-corrected chi connectivity index (χ0v) is 7.32. The van der Waals surface area contributed by atoms with Crippen LogP contribution in [0.5, 0.6) is 0 Å². The lowest BCUT2D eigenvalue weighted by Gasteiger charge is -1.96. The van der Waals surface area contributed by atoms with Gasteiger partial charge < -0.3 is 4.74 Å². The number of Topliss-reactive ketones (excluding diaryl/α,β-unsaturated/α-hetero) is 1. The molecule has 0 amide bonds. The fourth-order valence-electron chi connectivity index (χ4n) is 0.396. The monoisotopic (exact) mass is 160 g/mol. The number of carbonyl (C=O) groups excluding carboxylic acids is 1. The van der Waals surface area contributed by atoms with Crippen LogP contribution < -0.4 is 0 Å². The van der Waals surface area contributed by atoms with Gasteiger partial charge in [-0.25, -0.2) is 0 Å². The summed E-state index contributed by atoms with van der Waals surface area (Å²) in [5.41, 5.74) is 0. The molecule has 0 rings (SSSR count). The molecule has 58 valence electrons. The summed E-state index contributed by atoms with van der Waals surface area (Å²) in [6.45, 7) is 2.68. The van der Waals surface area contributed by atoms with Gasteiger partial charge in [0.2, 0.25) is 0 Å². The second kappa shape index (κ2) is 6.91. The van der Waals surface area contributed by atoms with Gasteiger partial charge in [-0.3, -0.25) is 4.79 Å². The molecule has 0 aliphatic heterocycles. The van der Waals surface area contributed by atoms with Crippen LogP contribution in [0.15, 0.2) is 12.2 Å². The van der Waals surface area contributed by atoms with Crippen molar-refractivity contribution in [1.82, 2.24) is 0 Å². The van der Waals surface area contributed by atoms with E-state index in [-0.39, 0.29) is 12.4 Å². The summed E-state index contributed by atoms with van der Waals surface area (Å²) in [6.07, 6.45) is 4.25. The van der Waals surface area contributed by atoms with Gasteiger partial charge in [0.15, 0.2) is 5.78 Å². The van der Waals surface area contributed by atoms with Gasteiger partial charge in [-0.05, 0) is 6.92 Å². The predicted octanol–water partition coefficient (Wildman–Crippen LogP) is 1.02. The van der Waals surface area contributed by atoms with Crippen LogP contribution in [0.25, 0.3) is 0 Å². The van der Waals surface area contributed by atoms with Crippen molar-refractivity contribution in [1.29, 1.82) is 0 Å². The summed E-state index contributed by atoms with van der Waals surface area (Å²) in [5.74, 6) is 0.120. The van der Waals surface area contributed by atoms with Gasteiger partial charge >= 0.3 is 0 Å². The molecule has 1 atom stereocenters. The third-order valence-corrected chi connectivity index (χ3v) is 1.40. The predicted molar refractivity (Wildman–Crippen MR) is 45.2 cm³/mol. The van der Waals surface area contributed by atoms with E-state index in [1.165, 1.54) is 0 Å². The lowest BCUT2D eigenvalue weighted by molar-refractivity contribution is -0.120. The Kier molecular flexibility index (Phi) is 6.78. The van der Waals surface area contributed by atoms with Crippen LogP contribution >= 0.6 is 9.24 Å². The number of hydrogen-bond acceptors (Lipinski definition) is 2. The van der Waals surface area contributed by atoms with Crippen molar-refractivity contribution in [3.05, 3.63) is 12.2 Å². The maximum Gasteiger partial charge on any atom is 0.162 e. The second-order valence-corrected chi connectivity index (χ2v) is 2.24. The molecule has 3 heteroatoms. The molecule has 0 aliphatic rings. The van der Waals surface area contributed by atoms with Crippen LogP contribution in [-0.4, -0.2) is 25.2 Å². The SMILES string of the molecule is CC=CCOCC(=O)CP. The summed E-state index contributed by atoms with van der Waals surface area (Å²) >= 11 is 0. The van der Waals surface area contributed by atoms with E-state index in [1.807, 2.05) is 19.1 Å². The molecule has 1 unspecified atom stereocenters. The van der Waals surface area contributed by atoms with Crippen molar-refractivity contribution in [3.8, 4) is 0 Å². The number of ether oxygens (including phenoxy) is 1. The molecule has 0 aromatic carbocycles. The van der Waals surface area contributed by atoms with Crippen LogP contribution in [0.3, 0.4) is 0 Å².